The van der Waals surface area contributed by atoms with E-state index in [1.807, 2.05) is 0 Å². The van der Waals surface area contributed by atoms with Gasteiger partial charge in [-0.2, -0.15) is 0 Å². The predicted octanol–water partition coefficient (Wildman–Crippen LogP) is 5.45. The van der Waals surface area contributed by atoms with Gasteiger partial charge in [-0.05, 0) is 85.1 Å². The highest BCUT2D eigenvalue weighted by Gasteiger charge is 2.38. The standard InChI is InChI=1S/C30H41ClFN5O7/c1-8-42-26(39)23-22(35-27(33)40)21(25(38)43-29(2,3)4)24(37(23)15-17-14-18(32)11-12-20(17)31)36-13-9-10-19(16-36)34-28(41)44-30(5,6)7/h11-12,14,19H,8-10,13,15-16H2,1-7H3,(H,34,41)(H3,33,35,40)/t19-/m1/s1. The Labute approximate surface area is 261 Å². The van der Waals surface area contributed by atoms with Crippen molar-refractivity contribution in [3.05, 3.63) is 45.9 Å². The molecule has 0 bridgehead atoms. The number of hydrogen-bond acceptors (Lipinski definition) is 8. The van der Waals surface area contributed by atoms with E-state index in [1.54, 1.807) is 53.4 Å². The fourth-order valence-electron chi connectivity index (χ4n) is 4.86. The summed E-state index contributed by atoms with van der Waals surface area (Å²) in [6.07, 6.45) is 0.570. The van der Waals surface area contributed by atoms with E-state index >= 15 is 0 Å². The third-order valence-electron chi connectivity index (χ3n) is 6.33. The van der Waals surface area contributed by atoms with Gasteiger partial charge in [0.25, 0.3) is 0 Å². The molecule has 1 aromatic heterocycles. The third kappa shape index (κ3) is 9.01. The second-order valence-corrected chi connectivity index (χ2v) is 12.8. The maximum atomic E-state index is 14.4. The van der Waals surface area contributed by atoms with Crippen molar-refractivity contribution in [3.8, 4) is 0 Å². The van der Waals surface area contributed by atoms with Gasteiger partial charge in [-0.25, -0.2) is 23.6 Å². The van der Waals surface area contributed by atoms with Crippen LogP contribution in [0.15, 0.2) is 18.2 Å². The van der Waals surface area contributed by atoms with Crippen LogP contribution >= 0.6 is 11.6 Å². The third-order valence-corrected chi connectivity index (χ3v) is 6.70. The molecule has 0 saturated carbocycles. The molecule has 1 aliphatic heterocycles. The first-order valence-electron chi connectivity index (χ1n) is 14.3. The lowest BCUT2D eigenvalue weighted by atomic mass is 10.0. The molecule has 2 heterocycles. The Kier molecular flexibility index (Phi) is 10.8. The number of hydrogen-bond donors (Lipinski definition) is 3. The molecular formula is C30H41ClFN5O7. The van der Waals surface area contributed by atoms with Gasteiger partial charge in [0.1, 0.15) is 28.4 Å². The number of halogens is 2. The molecule has 0 radical (unpaired) electrons. The molecule has 0 aliphatic carbocycles. The van der Waals surface area contributed by atoms with Gasteiger partial charge in [0.2, 0.25) is 0 Å². The van der Waals surface area contributed by atoms with Crippen molar-refractivity contribution in [1.82, 2.24) is 9.88 Å². The summed E-state index contributed by atoms with van der Waals surface area (Å²) in [4.78, 5) is 54.1. The maximum absolute atomic E-state index is 14.4. The topological polar surface area (TPSA) is 154 Å². The second-order valence-electron chi connectivity index (χ2n) is 12.4. The van der Waals surface area contributed by atoms with E-state index in [0.29, 0.717) is 19.4 Å². The van der Waals surface area contributed by atoms with Crippen LogP contribution in [0.2, 0.25) is 5.02 Å². The van der Waals surface area contributed by atoms with Crippen LogP contribution in [0.1, 0.15) is 87.7 Å². The predicted molar refractivity (Wildman–Crippen MR) is 164 cm³/mol. The number of carbonyl (C=O) groups is 4. The number of ether oxygens (including phenoxy) is 3. The molecule has 0 unspecified atom stereocenters. The summed E-state index contributed by atoms with van der Waals surface area (Å²) < 4.78 is 32.3. The number of nitrogens with one attached hydrogen (secondary N) is 2. The molecule has 1 saturated heterocycles. The molecule has 0 spiro atoms. The van der Waals surface area contributed by atoms with Crippen LogP contribution in [0.5, 0.6) is 0 Å². The lowest BCUT2D eigenvalue weighted by Gasteiger charge is -2.36. The zero-order valence-corrected chi connectivity index (χ0v) is 26.9. The summed E-state index contributed by atoms with van der Waals surface area (Å²) in [5.41, 5.74) is 3.52. The average Bonchev–Trinajstić information content (AvgIpc) is 3.17. The number of alkyl carbamates (subject to hydrolysis) is 1. The fourth-order valence-corrected chi connectivity index (χ4v) is 5.04. The molecule has 2 aromatic rings. The molecule has 242 valence electrons. The Balaban J connectivity index is 2.29. The van der Waals surface area contributed by atoms with E-state index < -0.39 is 47.1 Å². The van der Waals surface area contributed by atoms with Crippen molar-refractivity contribution in [3.63, 3.8) is 0 Å². The van der Waals surface area contributed by atoms with Crippen LogP contribution in [-0.2, 0) is 20.8 Å². The molecule has 12 nitrogen and oxygen atoms in total. The Hall–Kier alpha value is -4.00. The molecule has 3 amide bonds. The highest BCUT2D eigenvalue weighted by molar-refractivity contribution is 6.31. The zero-order valence-electron chi connectivity index (χ0n) is 26.1. The first-order valence-corrected chi connectivity index (χ1v) is 14.7. The number of nitrogens with two attached hydrogens (primary N) is 1. The van der Waals surface area contributed by atoms with E-state index in [0.717, 1.165) is 0 Å². The Morgan fingerprint density at radius 2 is 1.73 bits per heavy atom. The highest BCUT2D eigenvalue weighted by Crippen LogP contribution is 2.39. The van der Waals surface area contributed by atoms with Gasteiger partial charge in [0.15, 0.2) is 5.69 Å². The van der Waals surface area contributed by atoms with E-state index in [-0.39, 0.29) is 53.0 Å². The maximum Gasteiger partial charge on any atom is 0.407 e. The zero-order chi connectivity index (χ0) is 33.0. The smallest absolute Gasteiger partial charge is 0.407 e. The number of rotatable bonds is 8. The largest absolute Gasteiger partial charge is 0.461 e. The summed E-state index contributed by atoms with van der Waals surface area (Å²) >= 11 is 6.44. The van der Waals surface area contributed by atoms with Crippen molar-refractivity contribution in [2.75, 3.05) is 29.9 Å². The van der Waals surface area contributed by atoms with Crippen molar-refractivity contribution >= 4 is 47.2 Å². The summed E-state index contributed by atoms with van der Waals surface area (Å²) in [6, 6.07) is 2.32. The lowest BCUT2D eigenvalue weighted by Crippen LogP contribution is -2.49. The number of anilines is 2. The molecule has 4 N–H and O–H groups in total. The number of amides is 3. The van der Waals surface area contributed by atoms with Gasteiger partial charge in [-0.1, -0.05) is 11.6 Å². The summed E-state index contributed by atoms with van der Waals surface area (Å²) in [5.74, 6) is -2.13. The van der Waals surface area contributed by atoms with Crippen LogP contribution in [0.25, 0.3) is 0 Å². The van der Waals surface area contributed by atoms with Crippen LogP contribution < -0.4 is 21.3 Å². The number of nitrogens with zero attached hydrogens (tertiary/aromatic N) is 2. The second kappa shape index (κ2) is 13.7. The summed E-state index contributed by atoms with van der Waals surface area (Å²) in [5, 5.41) is 5.49. The van der Waals surface area contributed by atoms with Crippen LogP contribution in [-0.4, -0.2) is 65.6 Å². The molecule has 3 rings (SSSR count). The number of piperidine rings is 1. The van der Waals surface area contributed by atoms with Crippen molar-refractivity contribution in [1.29, 1.82) is 0 Å². The highest BCUT2D eigenvalue weighted by atomic mass is 35.5. The summed E-state index contributed by atoms with van der Waals surface area (Å²) in [6.45, 7) is 12.2. The first kappa shape index (κ1) is 34.5. The van der Waals surface area contributed by atoms with Gasteiger partial charge in [0, 0.05) is 24.2 Å². The number of benzene rings is 1. The van der Waals surface area contributed by atoms with Gasteiger partial charge in [0.05, 0.1) is 18.8 Å². The average molecular weight is 638 g/mol. The minimum atomic E-state index is -1.05. The quantitative estimate of drug-likeness (QED) is 0.255. The Bertz CT molecular complexity index is 1410. The minimum Gasteiger partial charge on any atom is -0.461 e. The molecule has 14 heteroatoms. The van der Waals surface area contributed by atoms with Gasteiger partial charge < -0.3 is 40.0 Å². The van der Waals surface area contributed by atoms with Gasteiger partial charge >= 0.3 is 24.1 Å². The van der Waals surface area contributed by atoms with E-state index in [2.05, 4.69) is 10.6 Å². The van der Waals surface area contributed by atoms with E-state index in [4.69, 9.17) is 31.5 Å². The fraction of sp³-hybridized carbons (Fsp3) is 0.533. The number of urea groups is 1. The Morgan fingerprint density at radius 1 is 1.07 bits per heavy atom. The molecule has 1 atom stereocenters. The van der Waals surface area contributed by atoms with Crippen LogP contribution in [0.4, 0.5) is 25.5 Å². The number of primary amides is 1. The SMILES string of the molecule is CCOC(=O)c1c(NC(N)=O)c(C(=O)OC(C)(C)C)c(N2CCC[C@@H](NC(=O)OC(C)(C)C)C2)n1Cc1cc(F)ccc1Cl. The summed E-state index contributed by atoms with van der Waals surface area (Å²) in [7, 11) is 0. The lowest BCUT2D eigenvalue weighted by molar-refractivity contribution is 0.00706. The Morgan fingerprint density at radius 3 is 2.32 bits per heavy atom. The molecule has 1 aromatic carbocycles. The van der Waals surface area contributed by atoms with Gasteiger partial charge in [-0.15, -0.1) is 0 Å². The molecule has 1 fully saturated rings. The van der Waals surface area contributed by atoms with Crippen molar-refractivity contribution in [2.45, 2.75) is 85.1 Å². The van der Waals surface area contributed by atoms with E-state index in [9.17, 15) is 23.6 Å². The van der Waals surface area contributed by atoms with Crippen molar-refractivity contribution < 1.29 is 37.8 Å². The van der Waals surface area contributed by atoms with Crippen molar-refractivity contribution in [2.24, 2.45) is 5.73 Å². The number of aromatic nitrogens is 1. The first-order chi connectivity index (χ1) is 20.4. The molecule has 1 aliphatic rings. The molecule has 44 heavy (non-hydrogen) atoms. The van der Waals surface area contributed by atoms with E-state index in [1.165, 1.54) is 22.8 Å². The number of carbonyl (C=O) groups excluding carboxylic acids is 4. The minimum absolute atomic E-state index is 0.0244. The normalized spacial score (nSPS) is 15.4. The number of esters is 2. The monoisotopic (exact) mass is 637 g/mol. The molecular weight excluding hydrogens is 597 g/mol. The van der Waals surface area contributed by atoms with Gasteiger partial charge in [-0.3, -0.25) is 0 Å². The van der Waals surface area contributed by atoms with Crippen LogP contribution in [0, 0.1) is 5.82 Å². The van der Waals surface area contributed by atoms with Crippen LogP contribution in [0.3, 0.4) is 0 Å².